The Morgan fingerprint density at radius 1 is 1.41 bits per heavy atom. The number of β-amino-alcohol motifs (C(OH)–C–C–N with tert-alkyl or cyclic N) is 1. The van der Waals surface area contributed by atoms with Gasteiger partial charge in [-0.15, -0.1) is 0 Å². The Labute approximate surface area is 101 Å². The number of sulfonamides is 1. The Morgan fingerprint density at radius 2 is 2.12 bits per heavy atom. The molecule has 1 aliphatic heterocycles. The van der Waals surface area contributed by atoms with E-state index in [9.17, 15) is 13.5 Å². The van der Waals surface area contributed by atoms with Crippen LogP contribution in [-0.2, 0) is 10.0 Å². The molecule has 5 nitrogen and oxygen atoms in total. The van der Waals surface area contributed by atoms with Crippen LogP contribution in [0.5, 0.6) is 0 Å². The van der Waals surface area contributed by atoms with E-state index >= 15 is 0 Å². The van der Waals surface area contributed by atoms with Crippen LogP contribution in [-0.4, -0.2) is 37.0 Å². The van der Waals surface area contributed by atoms with Crippen molar-refractivity contribution in [2.45, 2.75) is 31.5 Å². The lowest BCUT2D eigenvalue weighted by atomic mass is 10.00. The summed E-state index contributed by atoms with van der Waals surface area (Å²) in [4.78, 5) is 0. The largest absolute Gasteiger partial charge is 0.449 e. The Morgan fingerprint density at radius 3 is 2.65 bits per heavy atom. The molecular formula is C11H17NO4S. The summed E-state index contributed by atoms with van der Waals surface area (Å²) in [5, 5.41) is 9.58. The number of hydrogen-bond donors (Lipinski definition) is 1. The second-order valence-corrected chi connectivity index (χ2v) is 6.55. The Hall–Kier alpha value is -0.850. The molecule has 1 N–H and O–H groups in total. The fourth-order valence-corrected chi connectivity index (χ4v) is 3.70. The highest BCUT2D eigenvalue weighted by Gasteiger charge is 2.34. The molecule has 0 spiro atoms. The average Bonchev–Trinajstić information content (AvgIpc) is 2.64. The first-order valence-electron chi connectivity index (χ1n) is 5.64. The summed E-state index contributed by atoms with van der Waals surface area (Å²) in [6, 6.07) is 3.08. The molecule has 2 atom stereocenters. The molecule has 0 saturated carbocycles. The van der Waals surface area contributed by atoms with Crippen molar-refractivity contribution >= 4 is 10.0 Å². The number of aliphatic hydroxyl groups excluding tert-OH is 1. The molecule has 0 bridgehead atoms. The first kappa shape index (κ1) is 12.6. The van der Waals surface area contributed by atoms with Gasteiger partial charge in [0.2, 0.25) is 5.09 Å². The van der Waals surface area contributed by atoms with Gasteiger partial charge in [0.1, 0.15) is 5.76 Å². The minimum absolute atomic E-state index is 0.0451. The van der Waals surface area contributed by atoms with Crippen LogP contribution in [0.1, 0.15) is 19.1 Å². The van der Waals surface area contributed by atoms with Crippen molar-refractivity contribution < 1.29 is 17.9 Å². The summed E-state index contributed by atoms with van der Waals surface area (Å²) in [6.07, 6.45) is 0.0491. The molecule has 17 heavy (non-hydrogen) atoms. The van der Waals surface area contributed by atoms with Gasteiger partial charge >= 0.3 is 0 Å². The lowest BCUT2D eigenvalue weighted by molar-refractivity contribution is 0.0814. The number of aryl methyl sites for hydroxylation is 1. The Balaban J connectivity index is 2.26. The predicted octanol–water partition coefficient (Wildman–Crippen LogP) is 0.979. The second-order valence-electron chi connectivity index (χ2n) is 4.68. The molecule has 1 saturated heterocycles. The van der Waals surface area contributed by atoms with Crippen molar-refractivity contribution in [1.82, 2.24) is 4.31 Å². The van der Waals surface area contributed by atoms with E-state index in [0.717, 1.165) is 0 Å². The topological polar surface area (TPSA) is 70.8 Å². The van der Waals surface area contributed by atoms with E-state index < -0.39 is 16.1 Å². The van der Waals surface area contributed by atoms with Gasteiger partial charge in [-0.25, -0.2) is 8.42 Å². The summed E-state index contributed by atoms with van der Waals surface area (Å²) in [5.74, 6) is 0.721. The van der Waals surface area contributed by atoms with Crippen LogP contribution in [0, 0.1) is 12.8 Å². The lowest BCUT2D eigenvalue weighted by Crippen LogP contribution is -2.45. The van der Waals surface area contributed by atoms with E-state index in [1.807, 2.05) is 6.92 Å². The number of aliphatic hydroxyl groups is 1. The van der Waals surface area contributed by atoms with Gasteiger partial charge in [-0.2, -0.15) is 4.31 Å². The molecule has 2 heterocycles. The van der Waals surface area contributed by atoms with Crippen LogP contribution in [0.25, 0.3) is 0 Å². The molecule has 1 aromatic rings. The van der Waals surface area contributed by atoms with E-state index in [1.165, 1.54) is 10.4 Å². The van der Waals surface area contributed by atoms with Crippen LogP contribution >= 0.6 is 0 Å². The van der Waals surface area contributed by atoms with Crippen molar-refractivity contribution in [1.29, 1.82) is 0 Å². The number of hydrogen-bond acceptors (Lipinski definition) is 4. The molecular weight excluding hydrogens is 242 g/mol. The molecule has 0 aromatic carbocycles. The van der Waals surface area contributed by atoms with Crippen molar-refractivity contribution in [3.8, 4) is 0 Å². The molecule has 0 aliphatic carbocycles. The zero-order valence-corrected chi connectivity index (χ0v) is 10.8. The van der Waals surface area contributed by atoms with Gasteiger partial charge in [-0.1, -0.05) is 6.92 Å². The molecule has 1 fully saturated rings. The van der Waals surface area contributed by atoms with Crippen LogP contribution in [0.4, 0.5) is 0 Å². The van der Waals surface area contributed by atoms with Crippen LogP contribution in [0.15, 0.2) is 21.6 Å². The number of piperidine rings is 1. The zero-order valence-electron chi connectivity index (χ0n) is 9.96. The third kappa shape index (κ3) is 2.53. The van der Waals surface area contributed by atoms with Crippen LogP contribution in [0.2, 0.25) is 0 Å². The maximum atomic E-state index is 12.2. The first-order valence-corrected chi connectivity index (χ1v) is 7.08. The molecule has 0 radical (unpaired) electrons. The van der Waals surface area contributed by atoms with Gasteiger partial charge in [-0.3, -0.25) is 0 Å². The van der Waals surface area contributed by atoms with Gasteiger partial charge in [0.15, 0.2) is 0 Å². The average molecular weight is 259 g/mol. The lowest BCUT2D eigenvalue weighted by Gasteiger charge is -2.32. The van der Waals surface area contributed by atoms with E-state index in [0.29, 0.717) is 18.7 Å². The SMILES string of the molecule is Cc1ccc(S(=O)(=O)N2CC(C)CC(O)C2)o1. The number of furan rings is 1. The Bertz CT molecular complexity index is 483. The third-order valence-corrected chi connectivity index (χ3v) is 4.62. The molecule has 1 aliphatic rings. The maximum absolute atomic E-state index is 12.2. The van der Waals surface area contributed by atoms with E-state index in [4.69, 9.17) is 4.42 Å². The van der Waals surface area contributed by atoms with Crippen molar-refractivity contribution in [3.63, 3.8) is 0 Å². The van der Waals surface area contributed by atoms with E-state index in [-0.39, 0.29) is 17.6 Å². The number of rotatable bonds is 2. The van der Waals surface area contributed by atoms with E-state index in [2.05, 4.69) is 0 Å². The Kier molecular flexibility index (Phi) is 3.29. The van der Waals surface area contributed by atoms with Crippen molar-refractivity contribution in [2.24, 2.45) is 5.92 Å². The van der Waals surface area contributed by atoms with Gasteiger partial charge in [-0.05, 0) is 31.4 Å². The monoisotopic (exact) mass is 259 g/mol. The minimum atomic E-state index is -3.60. The van der Waals surface area contributed by atoms with Gasteiger partial charge in [0, 0.05) is 13.1 Å². The van der Waals surface area contributed by atoms with Gasteiger partial charge < -0.3 is 9.52 Å². The standard InChI is InChI=1S/C11H17NO4S/c1-8-5-10(13)7-12(6-8)17(14,15)11-4-3-9(2)16-11/h3-4,8,10,13H,5-7H2,1-2H3. The first-order chi connectivity index (χ1) is 7.89. The second kappa shape index (κ2) is 4.44. The summed E-state index contributed by atoms with van der Waals surface area (Å²) in [7, 11) is -3.60. The smallest absolute Gasteiger partial charge is 0.276 e. The zero-order chi connectivity index (χ0) is 12.6. The van der Waals surface area contributed by atoms with E-state index in [1.54, 1.807) is 13.0 Å². The molecule has 2 rings (SSSR count). The van der Waals surface area contributed by atoms with Gasteiger partial charge in [0.25, 0.3) is 10.0 Å². The molecule has 96 valence electrons. The highest BCUT2D eigenvalue weighted by atomic mass is 32.2. The predicted molar refractivity (Wildman–Crippen MR) is 62.0 cm³/mol. The molecule has 0 amide bonds. The molecule has 2 unspecified atom stereocenters. The quantitative estimate of drug-likeness (QED) is 0.859. The van der Waals surface area contributed by atoms with Crippen LogP contribution in [0.3, 0.4) is 0 Å². The third-order valence-electron chi connectivity index (χ3n) is 2.91. The maximum Gasteiger partial charge on any atom is 0.276 e. The van der Waals surface area contributed by atoms with Crippen LogP contribution < -0.4 is 0 Å². The summed E-state index contributed by atoms with van der Waals surface area (Å²) in [6.45, 7) is 4.20. The normalized spacial score (nSPS) is 27.2. The number of nitrogens with zero attached hydrogens (tertiary/aromatic N) is 1. The molecule has 6 heteroatoms. The highest BCUT2D eigenvalue weighted by Crippen LogP contribution is 2.24. The van der Waals surface area contributed by atoms with Crippen molar-refractivity contribution in [3.05, 3.63) is 17.9 Å². The minimum Gasteiger partial charge on any atom is -0.449 e. The summed E-state index contributed by atoms with van der Waals surface area (Å²) < 4.78 is 30.9. The highest BCUT2D eigenvalue weighted by molar-refractivity contribution is 7.89. The summed E-state index contributed by atoms with van der Waals surface area (Å²) >= 11 is 0. The molecule has 1 aromatic heterocycles. The fraction of sp³-hybridized carbons (Fsp3) is 0.636. The van der Waals surface area contributed by atoms with Crippen molar-refractivity contribution in [2.75, 3.05) is 13.1 Å². The fourth-order valence-electron chi connectivity index (χ4n) is 2.14. The van der Waals surface area contributed by atoms with Gasteiger partial charge in [0.05, 0.1) is 6.10 Å². The summed E-state index contributed by atoms with van der Waals surface area (Å²) in [5.41, 5.74) is 0.